The first-order valence-electron chi connectivity index (χ1n) is 19.7. The maximum atomic E-state index is 13.5. The molecule has 6 atom stereocenters. The van der Waals surface area contributed by atoms with Gasteiger partial charge in [-0.3, -0.25) is 14.4 Å². The molecule has 0 N–H and O–H groups in total. The van der Waals surface area contributed by atoms with Crippen LogP contribution in [0.4, 0.5) is 0 Å². The topological polar surface area (TPSA) is 107 Å². The van der Waals surface area contributed by atoms with Gasteiger partial charge in [0.1, 0.15) is 36.6 Å². The molecule has 0 saturated heterocycles. The number of carbonyl (C=O) groups excluding carboxylic acids is 3. The van der Waals surface area contributed by atoms with Crippen molar-refractivity contribution in [1.29, 1.82) is 0 Å². The lowest BCUT2D eigenvalue weighted by atomic mass is 9.74. The lowest BCUT2D eigenvalue weighted by molar-refractivity contribution is -0.167. The zero-order valence-electron chi connectivity index (χ0n) is 31.8. The second-order valence-corrected chi connectivity index (χ2v) is 13.7. The van der Waals surface area contributed by atoms with Crippen LogP contribution in [0.3, 0.4) is 0 Å². The largest absolute Gasteiger partial charge is 0.465 e. The van der Waals surface area contributed by atoms with Gasteiger partial charge in [-0.25, -0.2) is 0 Å². The number of rotatable bonds is 30. The zero-order chi connectivity index (χ0) is 37.5. The van der Waals surface area contributed by atoms with Crippen LogP contribution in [-0.2, 0) is 42.8 Å². The summed E-state index contributed by atoms with van der Waals surface area (Å²) in [6.07, 6.45) is 39.7. The molecule has 1 fully saturated rings. The molecular formula is C42H66O9. The molecule has 51 heavy (non-hydrogen) atoms. The van der Waals surface area contributed by atoms with Gasteiger partial charge in [-0.2, -0.15) is 0 Å². The molecule has 0 aromatic carbocycles. The Kier molecular flexibility index (Phi) is 26.9. The molecule has 0 aromatic heterocycles. The van der Waals surface area contributed by atoms with E-state index in [4.69, 9.17) is 47.7 Å². The van der Waals surface area contributed by atoms with Gasteiger partial charge in [-0.05, 0) is 96.3 Å². The van der Waals surface area contributed by atoms with Crippen LogP contribution in [0.2, 0.25) is 0 Å². The number of hydrogen-bond donors (Lipinski definition) is 0. The third-order valence-electron chi connectivity index (χ3n) is 9.63. The van der Waals surface area contributed by atoms with E-state index in [0.29, 0.717) is 51.4 Å². The number of carbonyl (C=O) groups is 3. The van der Waals surface area contributed by atoms with Crippen LogP contribution in [0.15, 0.2) is 0 Å². The van der Waals surface area contributed by atoms with E-state index < -0.39 is 29.7 Å². The normalized spacial score (nSPS) is 18.5. The van der Waals surface area contributed by atoms with Crippen molar-refractivity contribution < 1.29 is 42.8 Å². The van der Waals surface area contributed by atoms with Gasteiger partial charge in [0.15, 0.2) is 0 Å². The lowest BCUT2D eigenvalue weighted by Crippen LogP contribution is -2.40. The molecule has 0 amide bonds. The Balaban J connectivity index is 2.79. The molecule has 1 aliphatic rings. The molecule has 1 rings (SSSR count). The molecule has 0 spiro atoms. The average molecular weight is 715 g/mol. The van der Waals surface area contributed by atoms with Crippen molar-refractivity contribution in [2.45, 2.75) is 174 Å². The average Bonchev–Trinajstić information content (AvgIpc) is 3.13. The van der Waals surface area contributed by atoms with Crippen LogP contribution in [0.25, 0.3) is 0 Å². The van der Waals surface area contributed by atoms with E-state index >= 15 is 0 Å². The Morgan fingerprint density at radius 1 is 0.510 bits per heavy atom. The Hall–Kier alpha value is -3.51. The molecule has 0 aliphatic heterocycles. The Labute approximate surface area is 309 Å². The Morgan fingerprint density at radius 2 is 0.863 bits per heavy atom. The van der Waals surface area contributed by atoms with Crippen LogP contribution >= 0.6 is 0 Å². The van der Waals surface area contributed by atoms with Crippen molar-refractivity contribution in [3.63, 3.8) is 0 Å². The van der Waals surface area contributed by atoms with Crippen LogP contribution in [0.1, 0.15) is 156 Å². The van der Waals surface area contributed by atoms with Crippen LogP contribution in [-0.4, -0.2) is 56.0 Å². The van der Waals surface area contributed by atoms with E-state index in [1.54, 1.807) is 0 Å². The van der Waals surface area contributed by atoms with Crippen molar-refractivity contribution in [3.8, 4) is 37.6 Å². The fraction of sp³-hybridized carbons (Fsp3) is 0.786. The van der Waals surface area contributed by atoms with Gasteiger partial charge in [0.25, 0.3) is 0 Å². The molecule has 1 saturated carbocycles. The molecule has 0 bridgehead atoms. The van der Waals surface area contributed by atoms with Crippen molar-refractivity contribution in [3.05, 3.63) is 0 Å². The fourth-order valence-electron chi connectivity index (χ4n) is 6.65. The quantitative estimate of drug-likeness (QED) is 0.0313. The SMILES string of the molecule is C#COC(CCCCC)CCCOC(=O)C1CCC(C(=O)OCCCC(CCCCC)OC#C)C(C(=O)OCCCC(CCCCC)OC#C)C1. The third-order valence-corrected chi connectivity index (χ3v) is 9.63. The summed E-state index contributed by atoms with van der Waals surface area (Å²) in [6.45, 7) is 7.01. The van der Waals surface area contributed by atoms with Crippen LogP contribution < -0.4 is 0 Å². The van der Waals surface area contributed by atoms with Crippen molar-refractivity contribution in [2.75, 3.05) is 19.8 Å². The molecule has 9 heteroatoms. The van der Waals surface area contributed by atoms with E-state index in [1.807, 2.05) is 0 Å². The number of unbranched alkanes of at least 4 members (excludes halogenated alkanes) is 6. The molecule has 1 aliphatic carbocycles. The minimum atomic E-state index is -0.815. The number of ether oxygens (including phenoxy) is 6. The summed E-state index contributed by atoms with van der Waals surface area (Å²) < 4.78 is 33.3. The summed E-state index contributed by atoms with van der Waals surface area (Å²) in [7, 11) is 0. The van der Waals surface area contributed by atoms with Gasteiger partial charge in [0.05, 0.1) is 37.6 Å². The smallest absolute Gasteiger partial charge is 0.309 e. The maximum absolute atomic E-state index is 13.5. The maximum Gasteiger partial charge on any atom is 0.309 e. The number of terminal acetylenes is 3. The highest BCUT2D eigenvalue weighted by molar-refractivity contribution is 5.83. The van der Waals surface area contributed by atoms with Gasteiger partial charge in [0, 0.05) is 0 Å². The Bertz CT molecular complexity index is 1070. The minimum absolute atomic E-state index is 0.0672. The highest BCUT2D eigenvalue weighted by Gasteiger charge is 2.43. The summed E-state index contributed by atoms with van der Waals surface area (Å²) in [4.78, 5) is 40.0. The van der Waals surface area contributed by atoms with E-state index in [2.05, 4.69) is 39.1 Å². The predicted molar refractivity (Wildman–Crippen MR) is 198 cm³/mol. The summed E-state index contributed by atoms with van der Waals surface area (Å²) in [5.41, 5.74) is 0. The summed E-state index contributed by atoms with van der Waals surface area (Å²) in [5.74, 6) is -3.38. The number of hydrogen-bond acceptors (Lipinski definition) is 9. The molecule has 6 unspecified atom stereocenters. The molecule has 0 aromatic rings. The molecule has 288 valence electrons. The van der Waals surface area contributed by atoms with Gasteiger partial charge in [-0.15, -0.1) is 0 Å². The van der Waals surface area contributed by atoms with Gasteiger partial charge >= 0.3 is 17.9 Å². The highest BCUT2D eigenvalue weighted by Crippen LogP contribution is 2.37. The highest BCUT2D eigenvalue weighted by atomic mass is 16.5. The first kappa shape index (κ1) is 45.5. The number of esters is 3. The Morgan fingerprint density at radius 3 is 1.24 bits per heavy atom. The van der Waals surface area contributed by atoms with Gasteiger partial charge in [-0.1, -0.05) is 78.6 Å². The van der Waals surface area contributed by atoms with Crippen molar-refractivity contribution in [1.82, 2.24) is 0 Å². The van der Waals surface area contributed by atoms with E-state index in [1.165, 1.54) is 0 Å². The van der Waals surface area contributed by atoms with E-state index in [-0.39, 0.29) is 50.5 Å². The molecule has 9 nitrogen and oxygen atoms in total. The summed E-state index contributed by atoms with van der Waals surface area (Å²) in [5, 5.41) is 0. The van der Waals surface area contributed by atoms with Gasteiger partial charge < -0.3 is 28.4 Å². The van der Waals surface area contributed by atoms with Crippen LogP contribution in [0, 0.1) is 55.3 Å². The first-order chi connectivity index (χ1) is 24.8. The molecule has 0 heterocycles. The van der Waals surface area contributed by atoms with Crippen LogP contribution in [0.5, 0.6) is 0 Å². The van der Waals surface area contributed by atoms with E-state index in [9.17, 15) is 14.4 Å². The van der Waals surface area contributed by atoms with Crippen molar-refractivity contribution in [2.24, 2.45) is 17.8 Å². The fourth-order valence-corrected chi connectivity index (χ4v) is 6.65. The zero-order valence-corrected chi connectivity index (χ0v) is 31.8. The second kappa shape index (κ2) is 30.1. The van der Waals surface area contributed by atoms with Gasteiger partial charge in [0.2, 0.25) is 0 Å². The molecule has 0 radical (unpaired) electrons. The second-order valence-electron chi connectivity index (χ2n) is 13.7. The summed E-state index contributed by atoms with van der Waals surface area (Å²) >= 11 is 0. The molecular weight excluding hydrogens is 648 g/mol. The van der Waals surface area contributed by atoms with Crippen molar-refractivity contribution >= 4 is 17.9 Å². The predicted octanol–water partition coefficient (Wildman–Crippen LogP) is 8.66. The standard InChI is InChI=1S/C42H66O9/c1-7-13-16-22-35(46-10-4)25-19-30-49-40(43)34-28-29-38(41(44)50-31-20-26-36(47-11-5)23-17-14-8-2)39(33-34)42(45)51-32-21-27-37(48-12-6)24-18-15-9-3/h4-6,34-39H,7-9,13-33H2,1-3H3. The first-order valence-corrected chi connectivity index (χ1v) is 19.7. The van der Waals surface area contributed by atoms with E-state index in [0.717, 1.165) is 77.0 Å². The minimum Gasteiger partial charge on any atom is -0.465 e. The summed E-state index contributed by atoms with van der Waals surface area (Å²) in [6, 6.07) is 0. The third kappa shape index (κ3) is 20.8. The monoisotopic (exact) mass is 714 g/mol. The lowest BCUT2D eigenvalue weighted by Gasteiger charge is -2.32.